The molecule has 3 heterocycles. The molecule has 4 rings (SSSR count). The maximum absolute atomic E-state index is 12.4. The fourth-order valence-electron chi connectivity index (χ4n) is 5.58. The molecule has 3 aromatic rings. The molecule has 3 atom stereocenters. The number of oxazole rings is 1. The molecule has 0 spiro atoms. The van der Waals surface area contributed by atoms with Crippen LogP contribution in [0.15, 0.2) is 40.9 Å². The number of amides is 1. The second-order valence-electron chi connectivity index (χ2n) is 10.0. The predicted molar refractivity (Wildman–Crippen MR) is 143 cm³/mol. The summed E-state index contributed by atoms with van der Waals surface area (Å²) >= 11 is 0. The number of fused-ring (bicyclic) bond motifs is 1. The highest BCUT2D eigenvalue weighted by molar-refractivity contribution is 5.85. The van der Waals surface area contributed by atoms with E-state index < -0.39 is 0 Å². The van der Waals surface area contributed by atoms with E-state index in [0.717, 1.165) is 61.5 Å². The zero-order valence-corrected chi connectivity index (χ0v) is 22.1. The van der Waals surface area contributed by atoms with Gasteiger partial charge in [-0.2, -0.15) is 0 Å². The van der Waals surface area contributed by atoms with Crippen LogP contribution in [0.4, 0.5) is 0 Å². The van der Waals surface area contributed by atoms with E-state index >= 15 is 0 Å². The number of rotatable bonds is 12. The molecule has 0 bridgehead atoms. The van der Waals surface area contributed by atoms with Crippen molar-refractivity contribution >= 4 is 22.6 Å². The van der Waals surface area contributed by atoms with Crippen LogP contribution in [0.25, 0.3) is 22.2 Å². The number of ether oxygens (including phenoxy) is 1. The Morgan fingerprint density at radius 1 is 1.24 bits per heavy atom. The number of unbranched alkanes of at least 4 members (excludes halogenated alkanes) is 2. The summed E-state index contributed by atoms with van der Waals surface area (Å²) in [6.45, 7) is 2.80. The second kappa shape index (κ2) is 12.3. The summed E-state index contributed by atoms with van der Waals surface area (Å²) in [5, 5.41) is 0.982. The third kappa shape index (κ3) is 6.18. The number of para-hydroxylation sites is 1. The number of piperidine rings is 1. The van der Waals surface area contributed by atoms with Crippen LogP contribution in [-0.4, -0.2) is 53.3 Å². The van der Waals surface area contributed by atoms with Gasteiger partial charge in [0.1, 0.15) is 5.78 Å². The standard InChI is InChI=1S/C29H38N4O4/c1-4-20(34)12-6-5-7-13-22(26-21(27(30)35)14-10-16-33(26)2)28-31-18-25(37-28)23-17-19-11-8-9-15-24(19)32-29(23)36-3/h8-9,11,15,17-18,21-22,26H,4-7,10,12-14,16H2,1-3H3,(H2,30,35)/t21?,22-,26?/m0/s1. The minimum atomic E-state index is -0.276. The van der Waals surface area contributed by atoms with Gasteiger partial charge in [0.15, 0.2) is 11.7 Å². The fourth-order valence-corrected chi connectivity index (χ4v) is 5.58. The Morgan fingerprint density at radius 3 is 2.81 bits per heavy atom. The zero-order valence-electron chi connectivity index (χ0n) is 22.1. The summed E-state index contributed by atoms with van der Waals surface area (Å²) in [6.07, 6.45) is 8.14. The molecule has 1 amide bonds. The first-order valence-corrected chi connectivity index (χ1v) is 13.3. The van der Waals surface area contributed by atoms with Crippen molar-refractivity contribution in [1.82, 2.24) is 14.9 Å². The minimum Gasteiger partial charge on any atom is -0.480 e. The quantitative estimate of drug-likeness (QED) is 0.340. The smallest absolute Gasteiger partial charge is 0.224 e. The lowest BCUT2D eigenvalue weighted by atomic mass is 9.78. The maximum Gasteiger partial charge on any atom is 0.224 e. The van der Waals surface area contributed by atoms with E-state index in [-0.39, 0.29) is 23.8 Å². The highest BCUT2D eigenvalue weighted by Gasteiger charge is 2.41. The summed E-state index contributed by atoms with van der Waals surface area (Å²) in [6, 6.07) is 9.78. The van der Waals surface area contributed by atoms with Crippen LogP contribution in [0.2, 0.25) is 0 Å². The lowest BCUT2D eigenvalue weighted by Gasteiger charge is -2.41. The molecule has 1 fully saturated rings. The van der Waals surface area contributed by atoms with E-state index in [1.807, 2.05) is 44.3 Å². The minimum absolute atomic E-state index is 0.0911. The topological polar surface area (TPSA) is 112 Å². The van der Waals surface area contributed by atoms with Crippen LogP contribution >= 0.6 is 0 Å². The molecule has 1 aliphatic rings. The van der Waals surface area contributed by atoms with E-state index in [1.165, 1.54) is 0 Å². The number of nitrogens with zero attached hydrogens (tertiary/aromatic N) is 3. The van der Waals surface area contributed by atoms with Crippen molar-refractivity contribution in [3.05, 3.63) is 42.4 Å². The van der Waals surface area contributed by atoms with Crippen LogP contribution in [0.5, 0.6) is 5.88 Å². The van der Waals surface area contributed by atoms with Crippen molar-refractivity contribution in [2.75, 3.05) is 20.7 Å². The van der Waals surface area contributed by atoms with E-state index in [2.05, 4.69) is 9.88 Å². The number of methoxy groups -OCH3 is 1. The number of likely N-dealkylation sites (N-methyl/N-ethyl adjacent to an activating group) is 1. The normalized spacial score (nSPS) is 19.1. The average molecular weight is 507 g/mol. The molecule has 1 aliphatic heterocycles. The van der Waals surface area contributed by atoms with Crippen molar-refractivity contribution in [2.45, 2.75) is 70.3 Å². The third-order valence-electron chi connectivity index (χ3n) is 7.58. The van der Waals surface area contributed by atoms with Gasteiger partial charge in [-0.25, -0.2) is 9.97 Å². The summed E-state index contributed by atoms with van der Waals surface area (Å²) in [4.78, 5) is 35.7. The van der Waals surface area contributed by atoms with Crippen LogP contribution in [0.1, 0.15) is 70.1 Å². The third-order valence-corrected chi connectivity index (χ3v) is 7.58. The van der Waals surface area contributed by atoms with Crippen molar-refractivity contribution in [3.8, 4) is 17.2 Å². The van der Waals surface area contributed by atoms with Gasteiger partial charge in [0.2, 0.25) is 11.8 Å². The van der Waals surface area contributed by atoms with E-state index in [9.17, 15) is 9.59 Å². The molecular weight excluding hydrogens is 468 g/mol. The molecular formula is C29H38N4O4. The van der Waals surface area contributed by atoms with Gasteiger partial charge >= 0.3 is 0 Å². The van der Waals surface area contributed by atoms with Crippen molar-refractivity contribution in [2.24, 2.45) is 11.7 Å². The first-order valence-electron chi connectivity index (χ1n) is 13.3. The second-order valence-corrected chi connectivity index (χ2v) is 10.0. The van der Waals surface area contributed by atoms with E-state index in [1.54, 1.807) is 13.3 Å². The van der Waals surface area contributed by atoms with Crippen molar-refractivity contribution in [3.63, 3.8) is 0 Å². The number of primary amides is 1. The number of benzene rings is 1. The van der Waals surface area contributed by atoms with E-state index in [0.29, 0.717) is 36.2 Å². The van der Waals surface area contributed by atoms with Gasteiger partial charge in [0, 0.05) is 24.3 Å². The maximum atomic E-state index is 12.4. The lowest BCUT2D eigenvalue weighted by Crippen LogP contribution is -2.51. The highest BCUT2D eigenvalue weighted by atomic mass is 16.5. The number of hydrogen-bond donors (Lipinski definition) is 1. The molecule has 8 nitrogen and oxygen atoms in total. The Labute approximate surface area is 218 Å². The number of ketones is 1. The largest absolute Gasteiger partial charge is 0.480 e. The Bertz CT molecular complexity index is 1220. The van der Waals surface area contributed by atoms with Crippen LogP contribution < -0.4 is 10.5 Å². The van der Waals surface area contributed by atoms with Crippen molar-refractivity contribution < 1.29 is 18.7 Å². The van der Waals surface area contributed by atoms with Gasteiger partial charge in [0.05, 0.1) is 36.2 Å². The Hall–Kier alpha value is -3.26. The molecule has 0 radical (unpaired) electrons. The highest BCUT2D eigenvalue weighted by Crippen LogP contribution is 2.39. The summed E-state index contributed by atoms with van der Waals surface area (Å²) in [5.74, 6) is 1.31. The predicted octanol–water partition coefficient (Wildman–Crippen LogP) is 5.11. The van der Waals surface area contributed by atoms with Gasteiger partial charge in [-0.05, 0) is 51.4 Å². The molecule has 0 aliphatic carbocycles. The summed E-state index contributed by atoms with van der Waals surface area (Å²) in [7, 11) is 3.64. The van der Waals surface area contributed by atoms with Gasteiger partial charge < -0.3 is 19.8 Å². The number of likely N-dealkylation sites (tertiary alicyclic amines) is 1. The van der Waals surface area contributed by atoms with Crippen LogP contribution in [0, 0.1) is 5.92 Å². The fraction of sp³-hybridized carbons (Fsp3) is 0.517. The van der Waals surface area contributed by atoms with Gasteiger partial charge in [-0.1, -0.05) is 38.0 Å². The first-order chi connectivity index (χ1) is 17.9. The molecule has 2 aromatic heterocycles. The first kappa shape index (κ1) is 26.8. The Morgan fingerprint density at radius 2 is 2.05 bits per heavy atom. The molecule has 1 saturated heterocycles. The molecule has 2 N–H and O–H groups in total. The summed E-state index contributed by atoms with van der Waals surface area (Å²) in [5.41, 5.74) is 7.45. The lowest BCUT2D eigenvalue weighted by molar-refractivity contribution is -0.126. The molecule has 2 unspecified atom stereocenters. The van der Waals surface area contributed by atoms with Crippen molar-refractivity contribution in [1.29, 1.82) is 0 Å². The number of nitrogens with two attached hydrogens (primary N) is 1. The van der Waals surface area contributed by atoms with Gasteiger partial charge in [-0.3, -0.25) is 9.59 Å². The number of pyridine rings is 1. The molecule has 198 valence electrons. The number of carbonyl (C=O) groups is 2. The number of hydrogen-bond acceptors (Lipinski definition) is 7. The SMILES string of the molecule is CCC(=O)CCCCC[C@H](c1ncc(-c2cc3ccccc3nc2OC)o1)C1C(C(N)=O)CCCN1C. The number of carbonyl (C=O) groups excluding carboxylic acids is 2. The zero-order chi connectivity index (χ0) is 26.4. The van der Waals surface area contributed by atoms with E-state index in [4.69, 9.17) is 19.9 Å². The Kier molecular flexibility index (Phi) is 8.92. The Balaban J connectivity index is 1.64. The van der Waals surface area contributed by atoms with Gasteiger partial charge in [0.25, 0.3) is 0 Å². The average Bonchev–Trinajstić information content (AvgIpc) is 3.39. The van der Waals surface area contributed by atoms with Gasteiger partial charge in [-0.15, -0.1) is 0 Å². The molecule has 8 heteroatoms. The molecule has 0 saturated carbocycles. The molecule has 37 heavy (non-hydrogen) atoms. The number of aromatic nitrogens is 2. The van der Waals surface area contributed by atoms with Crippen LogP contribution in [0.3, 0.4) is 0 Å². The monoisotopic (exact) mass is 506 g/mol. The summed E-state index contributed by atoms with van der Waals surface area (Å²) < 4.78 is 12.0. The number of Topliss-reactive ketones (excluding diaryl/α,β-unsaturated/α-hetero) is 1. The molecule has 1 aromatic carbocycles. The van der Waals surface area contributed by atoms with Crippen LogP contribution in [-0.2, 0) is 9.59 Å².